The van der Waals surface area contributed by atoms with Crippen LogP contribution in [-0.2, 0) is 43.9 Å². The minimum Gasteiger partial charge on any atom is -0.392 e. The van der Waals surface area contributed by atoms with Crippen molar-refractivity contribution in [1.82, 2.24) is 14.9 Å². The zero-order chi connectivity index (χ0) is 38.8. The van der Waals surface area contributed by atoms with Gasteiger partial charge in [0, 0.05) is 31.1 Å². The second-order valence-electron chi connectivity index (χ2n) is 14.0. The van der Waals surface area contributed by atoms with Crippen LogP contribution in [0, 0.1) is 6.92 Å². The summed E-state index contributed by atoms with van der Waals surface area (Å²) in [5.74, 6) is -0.553. The molecule has 0 spiro atoms. The van der Waals surface area contributed by atoms with E-state index in [-0.39, 0.29) is 42.6 Å². The van der Waals surface area contributed by atoms with Crippen molar-refractivity contribution in [1.29, 1.82) is 0 Å². The molecule has 5 aromatic carbocycles. The van der Waals surface area contributed by atoms with Crippen molar-refractivity contribution in [2.45, 2.75) is 61.8 Å². The van der Waals surface area contributed by atoms with Crippen molar-refractivity contribution in [3.05, 3.63) is 185 Å². The summed E-state index contributed by atoms with van der Waals surface area (Å²) < 4.78 is 42.9. The smallest absolute Gasteiger partial charge is 0.241 e. The molecular formula is C45H49N3O6S. The van der Waals surface area contributed by atoms with E-state index in [0.717, 1.165) is 38.9 Å². The van der Waals surface area contributed by atoms with Crippen molar-refractivity contribution >= 4 is 15.9 Å². The molecule has 0 aromatic heterocycles. The molecule has 0 saturated carbocycles. The lowest BCUT2D eigenvalue weighted by molar-refractivity contribution is -0.263. The van der Waals surface area contributed by atoms with Crippen LogP contribution in [0.25, 0.3) is 0 Å². The average Bonchev–Trinajstić information content (AvgIpc) is 3.20. The van der Waals surface area contributed by atoms with Crippen LogP contribution in [0.4, 0.5) is 0 Å². The summed E-state index contributed by atoms with van der Waals surface area (Å²) in [6.45, 7) is 7.29. The summed E-state index contributed by atoms with van der Waals surface area (Å²) >= 11 is 0. The number of aryl methyl sites for hydroxylation is 1. The first kappa shape index (κ1) is 39.7. The lowest BCUT2D eigenvalue weighted by atomic mass is 9.83. The number of aliphatic hydroxyl groups excluding tert-OH is 1. The molecule has 1 amide bonds. The summed E-state index contributed by atoms with van der Waals surface area (Å²) in [4.78, 5) is 15.9. The van der Waals surface area contributed by atoms with Crippen molar-refractivity contribution in [2.24, 2.45) is 0 Å². The van der Waals surface area contributed by atoms with Crippen molar-refractivity contribution in [3.63, 3.8) is 0 Å². The first-order valence-corrected chi connectivity index (χ1v) is 20.0. The van der Waals surface area contributed by atoms with E-state index >= 15 is 0 Å². The Kier molecular flexibility index (Phi) is 13.4. The van der Waals surface area contributed by atoms with Gasteiger partial charge in [-0.25, -0.2) is 8.42 Å². The number of carbonyl (C=O) groups excluding carboxylic acids is 1. The van der Waals surface area contributed by atoms with Gasteiger partial charge < -0.3 is 24.8 Å². The molecule has 1 aliphatic rings. The summed E-state index contributed by atoms with van der Waals surface area (Å²) in [7, 11) is -1.92. The number of ether oxygens (including phenoxy) is 2. The van der Waals surface area contributed by atoms with E-state index in [2.05, 4.69) is 33.7 Å². The van der Waals surface area contributed by atoms with Gasteiger partial charge in [0.05, 0.1) is 23.7 Å². The standard InChI is InChI=1S/C45H49N3O6S/c1-4-27-48(3)30-41-42(36-13-9-6-10-14-36)43(37-21-19-35(31-49)20-22-37)54-45(53-41)38-23-17-34(18-24-38)29-46-44(50)40(28-33-11-7-5-8-12-33)47-55(51,52)39-25-15-32(2)16-26-39/h4-26,40-43,45,47,49H,1,27-31H2,2-3H3,(H,46,50)/t40-,41-,42-,43+,45?/m1/s1. The summed E-state index contributed by atoms with van der Waals surface area (Å²) in [5, 5.41) is 12.7. The van der Waals surface area contributed by atoms with Gasteiger partial charge in [0.15, 0.2) is 6.29 Å². The van der Waals surface area contributed by atoms with E-state index in [1.807, 2.05) is 117 Å². The molecule has 10 heteroatoms. The molecule has 3 N–H and O–H groups in total. The van der Waals surface area contributed by atoms with E-state index in [0.29, 0.717) is 13.1 Å². The number of hydrogen-bond acceptors (Lipinski definition) is 7. The largest absolute Gasteiger partial charge is 0.392 e. The highest BCUT2D eigenvalue weighted by Crippen LogP contribution is 2.47. The maximum atomic E-state index is 13.6. The third kappa shape index (κ3) is 10.4. The van der Waals surface area contributed by atoms with E-state index in [4.69, 9.17) is 9.47 Å². The highest BCUT2D eigenvalue weighted by molar-refractivity contribution is 7.89. The van der Waals surface area contributed by atoms with E-state index in [1.54, 1.807) is 12.1 Å². The fraction of sp³-hybridized carbons (Fsp3) is 0.267. The molecule has 1 aliphatic heterocycles. The number of likely N-dealkylation sites (N-methyl/N-ethyl adjacent to an activating group) is 1. The number of nitrogens with one attached hydrogen (secondary N) is 2. The maximum Gasteiger partial charge on any atom is 0.241 e. The summed E-state index contributed by atoms with van der Waals surface area (Å²) in [5.41, 5.74) is 6.33. The van der Waals surface area contributed by atoms with E-state index < -0.39 is 28.3 Å². The quantitative estimate of drug-likeness (QED) is 0.0954. The van der Waals surface area contributed by atoms with Crippen LogP contribution in [0.5, 0.6) is 0 Å². The summed E-state index contributed by atoms with van der Waals surface area (Å²) in [6.07, 6.45) is 0.793. The number of rotatable bonds is 16. The Morgan fingerprint density at radius 3 is 2.05 bits per heavy atom. The molecule has 1 saturated heterocycles. The number of nitrogens with zero attached hydrogens (tertiary/aromatic N) is 1. The highest BCUT2D eigenvalue weighted by Gasteiger charge is 2.42. The Bertz CT molecular complexity index is 2100. The predicted octanol–water partition coefficient (Wildman–Crippen LogP) is 6.75. The first-order valence-electron chi connectivity index (χ1n) is 18.5. The fourth-order valence-electron chi connectivity index (χ4n) is 6.88. The zero-order valence-corrected chi connectivity index (χ0v) is 32.1. The number of amides is 1. The molecule has 0 radical (unpaired) electrons. The van der Waals surface area contributed by atoms with Crippen LogP contribution in [0.3, 0.4) is 0 Å². The molecule has 1 heterocycles. The highest BCUT2D eigenvalue weighted by atomic mass is 32.2. The van der Waals surface area contributed by atoms with Crippen LogP contribution in [0.15, 0.2) is 151 Å². The van der Waals surface area contributed by atoms with Gasteiger partial charge >= 0.3 is 0 Å². The van der Waals surface area contributed by atoms with Gasteiger partial charge in [0.2, 0.25) is 15.9 Å². The molecular weight excluding hydrogens is 711 g/mol. The minimum absolute atomic E-state index is 0.0435. The van der Waals surface area contributed by atoms with E-state index in [9.17, 15) is 18.3 Å². The average molecular weight is 760 g/mol. The molecule has 1 unspecified atom stereocenters. The maximum absolute atomic E-state index is 13.6. The van der Waals surface area contributed by atoms with Crippen LogP contribution >= 0.6 is 0 Å². The van der Waals surface area contributed by atoms with Gasteiger partial charge in [-0.15, -0.1) is 6.58 Å². The molecule has 6 rings (SSSR count). The number of hydrogen-bond donors (Lipinski definition) is 3. The van der Waals surface area contributed by atoms with Gasteiger partial charge in [-0.05, 0) is 60.3 Å². The van der Waals surface area contributed by atoms with Gasteiger partial charge in [-0.2, -0.15) is 4.72 Å². The lowest BCUT2D eigenvalue weighted by Gasteiger charge is -2.44. The lowest BCUT2D eigenvalue weighted by Crippen LogP contribution is -2.47. The Morgan fingerprint density at radius 1 is 0.800 bits per heavy atom. The molecule has 5 atom stereocenters. The van der Waals surface area contributed by atoms with Gasteiger partial charge in [0.1, 0.15) is 6.04 Å². The third-order valence-electron chi connectivity index (χ3n) is 9.85. The molecule has 1 fully saturated rings. The third-order valence-corrected chi connectivity index (χ3v) is 11.3. The van der Waals surface area contributed by atoms with Gasteiger partial charge in [0.25, 0.3) is 0 Å². The van der Waals surface area contributed by atoms with Crippen LogP contribution in [0.1, 0.15) is 57.3 Å². The van der Waals surface area contributed by atoms with E-state index in [1.165, 1.54) is 12.1 Å². The molecule has 0 bridgehead atoms. The van der Waals surface area contributed by atoms with Crippen LogP contribution in [-0.4, -0.2) is 56.6 Å². The van der Waals surface area contributed by atoms with Crippen LogP contribution in [0.2, 0.25) is 0 Å². The zero-order valence-electron chi connectivity index (χ0n) is 31.3. The Hall–Kier alpha value is -4.94. The Labute approximate surface area is 324 Å². The molecule has 286 valence electrons. The Morgan fingerprint density at radius 2 is 1.42 bits per heavy atom. The van der Waals surface area contributed by atoms with Crippen LogP contribution < -0.4 is 10.0 Å². The molecule has 5 aromatic rings. The van der Waals surface area contributed by atoms with Crippen molar-refractivity contribution in [2.75, 3.05) is 20.1 Å². The first-order chi connectivity index (χ1) is 26.6. The van der Waals surface area contributed by atoms with Crippen molar-refractivity contribution < 1.29 is 27.8 Å². The molecule has 0 aliphatic carbocycles. The molecule has 55 heavy (non-hydrogen) atoms. The van der Waals surface area contributed by atoms with Gasteiger partial charge in [-0.3, -0.25) is 4.79 Å². The number of benzene rings is 5. The minimum atomic E-state index is -3.97. The topological polar surface area (TPSA) is 117 Å². The predicted molar refractivity (Wildman–Crippen MR) is 214 cm³/mol. The van der Waals surface area contributed by atoms with Gasteiger partial charge in [-0.1, -0.05) is 133 Å². The number of aliphatic hydroxyl groups is 1. The SMILES string of the molecule is C=CCN(C)C[C@H]1OC(c2ccc(CNC(=O)[C@@H](Cc3ccccc3)NS(=O)(=O)c3ccc(C)cc3)cc2)O[C@@H](c2ccc(CO)cc2)[C@@H]1c1ccccc1. The fourth-order valence-corrected chi connectivity index (χ4v) is 8.08. The van der Waals surface area contributed by atoms with Crippen molar-refractivity contribution in [3.8, 4) is 0 Å². The second kappa shape index (κ2) is 18.6. The Balaban J connectivity index is 1.20. The normalized spacial score (nSPS) is 19.1. The number of carbonyl (C=O) groups is 1. The monoisotopic (exact) mass is 759 g/mol. The number of sulfonamides is 1. The summed E-state index contributed by atoms with van der Waals surface area (Å²) in [6, 6.07) is 40.7. The second-order valence-corrected chi connectivity index (χ2v) is 15.8. The molecule has 9 nitrogen and oxygen atoms in total.